The average molecular weight is 600 g/mol. The van der Waals surface area contributed by atoms with E-state index in [2.05, 4.69) is 21.9 Å². The quantitative estimate of drug-likeness (QED) is 0.0735. The molecule has 7 N–H and O–H groups in total. The predicted octanol–water partition coefficient (Wildman–Crippen LogP) is 0.407. The van der Waals surface area contributed by atoms with E-state index in [1.165, 1.54) is 37.1 Å². The first-order valence-electron chi connectivity index (χ1n) is 12.9. The first-order chi connectivity index (χ1) is 19.5. The lowest BCUT2D eigenvalue weighted by Crippen LogP contribution is -2.61. The zero-order valence-electron chi connectivity index (χ0n) is 22.6. The fourth-order valence-corrected chi connectivity index (χ4v) is 4.10. The lowest BCUT2D eigenvalue weighted by molar-refractivity contribution is -0.271. The number of hydrogen-bond acceptors (Lipinski definition) is 12. The summed E-state index contributed by atoms with van der Waals surface area (Å²) in [6.07, 6.45) is -6.46. The summed E-state index contributed by atoms with van der Waals surface area (Å²) in [6.45, 7) is 5.58. The highest BCUT2D eigenvalue weighted by Crippen LogP contribution is 2.31. The van der Waals surface area contributed by atoms with Gasteiger partial charge in [-0.1, -0.05) is 31.0 Å². The fraction of sp³-hybridized carbons (Fsp3) is 0.538. The van der Waals surface area contributed by atoms with E-state index in [0.29, 0.717) is 18.4 Å². The minimum absolute atomic E-state index is 0.0632. The third-order valence-corrected chi connectivity index (χ3v) is 6.38. The van der Waals surface area contributed by atoms with Gasteiger partial charge >= 0.3 is 11.9 Å². The molecule has 1 aromatic carbocycles. The van der Waals surface area contributed by atoms with Crippen LogP contribution in [-0.2, 0) is 35.3 Å². The molecule has 0 aromatic heterocycles. The molecule has 1 aromatic rings. The van der Waals surface area contributed by atoms with Crippen LogP contribution in [0.2, 0.25) is 0 Å². The Hall–Kier alpha value is -3.21. The normalized spacial score (nSPS) is 21.9. The zero-order chi connectivity index (χ0) is 30.4. The Morgan fingerprint density at radius 2 is 1.78 bits per heavy atom. The van der Waals surface area contributed by atoms with Crippen molar-refractivity contribution in [3.8, 4) is 5.75 Å². The van der Waals surface area contributed by atoms with Crippen molar-refractivity contribution in [2.24, 2.45) is 0 Å². The van der Waals surface area contributed by atoms with Gasteiger partial charge in [-0.15, -0.1) is 0 Å². The number of esters is 1. The summed E-state index contributed by atoms with van der Waals surface area (Å²) in [5, 5.41) is 46.5. The molecule has 1 aliphatic heterocycles. The number of unbranched alkanes of at least 4 members (excludes halogenated alkanes) is 2. The molecule has 1 heterocycles. The molecule has 14 nitrogen and oxygen atoms in total. The molecule has 228 valence electrons. The number of hydrogen-bond donors (Lipinski definition) is 7. The van der Waals surface area contributed by atoms with Gasteiger partial charge in [-0.3, -0.25) is 19.1 Å². The van der Waals surface area contributed by atoms with Gasteiger partial charge in [0.25, 0.3) is 0 Å². The molecule has 1 aliphatic rings. The number of ether oxygens (including phenoxy) is 3. The molecule has 3 unspecified atom stereocenters. The van der Waals surface area contributed by atoms with E-state index in [4.69, 9.17) is 14.2 Å². The number of carboxylic acids is 1. The number of carboxylic acid groups (broad SMARTS) is 1. The number of carbonyl (C=O) groups is 4. The van der Waals surface area contributed by atoms with Crippen LogP contribution in [0.5, 0.6) is 5.75 Å². The molecular weight excluding hydrogens is 562 g/mol. The molecular formula is C26H37N3O11S. The second kappa shape index (κ2) is 17.6. The van der Waals surface area contributed by atoms with Crippen LogP contribution < -0.4 is 20.1 Å². The van der Waals surface area contributed by atoms with Gasteiger partial charge in [0, 0.05) is 32.9 Å². The van der Waals surface area contributed by atoms with Gasteiger partial charge in [0.2, 0.25) is 18.1 Å². The van der Waals surface area contributed by atoms with E-state index >= 15 is 0 Å². The fourth-order valence-electron chi connectivity index (χ4n) is 3.72. The highest BCUT2D eigenvalue weighted by atomic mass is 32.2. The van der Waals surface area contributed by atoms with E-state index < -0.39 is 48.6 Å². The monoisotopic (exact) mass is 599 g/mol. The lowest BCUT2D eigenvalue weighted by Gasteiger charge is -2.38. The number of benzene rings is 1. The van der Waals surface area contributed by atoms with Crippen LogP contribution in [-0.4, -0.2) is 88.0 Å². The molecule has 1 fully saturated rings. The number of aliphatic hydroxyl groups excluding tert-OH is 3. The Morgan fingerprint density at radius 1 is 1.02 bits per heavy atom. The Bertz CT molecular complexity index is 1060. The molecule has 0 spiro atoms. The number of nitrogens with one attached hydrogen (secondary N) is 3. The molecule has 0 saturated carbocycles. The summed E-state index contributed by atoms with van der Waals surface area (Å²) in [4.78, 5) is 47.3. The van der Waals surface area contributed by atoms with Gasteiger partial charge < -0.3 is 45.3 Å². The van der Waals surface area contributed by atoms with Crippen LogP contribution in [0.25, 0.3) is 0 Å². The van der Waals surface area contributed by atoms with E-state index in [1.807, 2.05) is 0 Å². The highest BCUT2D eigenvalue weighted by Gasteiger charge is 2.48. The Kier molecular flexibility index (Phi) is 14.6. The first-order valence-corrected chi connectivity index (χ1v) is 13.8. The Morgan fingerprint density at radius 3 is 2.46 bits per heavy atom. The third-order valence-electron chi connectivity index (χ3n) is 5.84. The van der Waals surface area contributed by atoms with Crippen LogP contribution in [0.1, 0.15) is 44.6 Å². The van der Waals surface area contributed by atoms with Crippen LogP contribution in [0.4, 0.5) is 5.69 Å². The van der Waals surface area contributed by atoms with Crippen molar-refractivity contribution in [2.45, 2.75) is 76.3 Å². The number of rotatable bonds is 17. The topological polar surface area (TPSA) is 213 Å². The standard InChI is InChI=1S/C26H37N3O11S/c1-3-41-28-11-6-4-5-7-19(31)27-12-10-20(32)29-17-13-16(14-38-15(2)30)8-9-18(17)39-26-23(35)21(33)22(34)24(40-26)25(36)37/h3,8-9,13,21-24,26,28,33-35H,1,4-7,10-12,14H2,2H3,(H,27,31)(H,29,32)(H,36,37)/t21?,22-,23+,24?,26?/m0/s1. The molecule has 0 aliphatic carbocycles. The molecule has 2 rings (SSSR count). The molecule has 15 heteroatoms. The highest BCUT2D eigenvalue weighted by molar-refractivity contribution is 8.00. The van der Waals surface area contributed by atoms with E-state index in [9.17, 15) is 39.6 Å². The van der Waals surface area contributed by atoms with Gasteiger partial charge in [0.1, 0.15) is 30.7 Å². The number of amides is 2. The average Bonchev–Trinajstić information content (AvgIpc) is 2.92. The summed E-state index contributed by atoms with van der Waals surface area (Å²) >= 11 is 1.41. The van der Waals surface area contributed by atoms with Crippen molar-refractivity contribution in [1.29, 1.82) is 0 Å². The molecule has 1 saturated heterocycles. The molecule has 2 amide bonds. The van der Waals surface area contributed by atoms with Crippen molar-refractivity contribution in [3.63, 3.8) is 0 Å². The molecule has 0 radical (unpaired) electrons. The van der Waals surface area contributed by atoms with Gasteiger partial charge in [0.05, 0.1) is 5.69 Å². The van der Waals surface area contributed by atoms with Gasteiger partial charge in [-0.05, 0) is 35.9 Å². The van der Waals surface area contributed by atoms with Crippen molar-refractivity contribution >= 4 is 41.4 Å². The van der Waals surface area contributed by atoms with Crippen LogP contribution in [0.3, 0.4) is 0 Å². The summed E-state index contributed by atoms with van der Waals surface area (Å²) in [5.41, 5.74) is 0.538. The minimum Gasteiger partial charge on any atom is -0.479 e. The summed E-state index contributed by atoms with van der Waals surface area (Å²) in [6, 6.07) is 4.30. The van der Waals surface area contributed by atoms with Crippen LogP contribution in [0.15, 0.2) is 30.2 Å². The number of aliphatic hydroxyl groups is 3. The van der Waals surface area contributed by atoms with Crippen molar-refractivity contribution in [2.75, 3.05) is 18.4 Å². The molecule has 5 atom stereocenters. The largest absolute Gasteiger partial charge is 0.479 e. The maximum absolute atomic E-state index is 12.7. The number of aliphatic carboxylic acids is 1. The SMILES string of the molecule is C=CSNCCCCCC(=O)NCCC(=O)Nc1cc(COC(C)=O)ccc1OC1OC(C(=O)O)[C@@H](O)C(O)[C@H]1O. The van der Waals surface area contributed by atoms with E-state index in [-0.39, 0.29) is 36.9 Å². The van der Waals surface area contributed by atoms with Crippen molar-refractivity contribution in [3.05, 3.63) is 35.7 Å². The summed E-state index contributed by atoms with van der Waals surface area (Å²) in [5.74, 6) is -2.86. The Balaban J connectivity index is 1.98. The van der Waals surface area contributed by atoms with Crippen LogP contribution in [0, 0.1) is 0 Å². The maximum atomic E-state index is 12.7. The summed E-state index contributed by atoms with van der Waals surface area (Å²) < 4.78 is 18.8. The zero-order valence-corrected chi connectivity index (χ0v) is 23.4. The molecule has 41 heavy (non-hydrogen) atoms. The minimum atomic E-state index is -1.90. The third kappa shape index (κ3) is 11.7. The molecule has 0 bridgehead atoms. The first kappa shape index (κ1) is 34.0. The predicted molar refractivity (Wildman–Crippen MR) is 147 cm³/mol. The van der Waals surface area contributed by atoms with E-state index in [1.54, 1.807) is 5.41 Å². The van der Waals surface area contributed by atoms with E-state index in [0.717, 1.165) is 19.4 Å². The smallest absolute Gasteiger partial charge is 0.335 e. The van der Waals surface area contributed by atoms with Crippen molar-refractivity contribution in [1.82, 2.24) is 10.0 Å². The number of carbonyl (C=O) groups excluding carboxylic acids is 3. The maximum Gasteiger partial charge on any atom is 0.335 e. The van der Waals surface area contributed by atoms with Gasteiger partial charge in [0.15, 0.2) is 6.10 Å². The summed E-state index contributed by atoms with van der Waals surface area (Å²) in [7, 11) is 0. The second-order valence-electron chi connectivity index (χ2n) is 9.10. The number of anilines is 1. The van der Waals surface area contributed by atoms with Gasteiger partial charge in [-0.2, -0.15) is 0 Å². The van der Waals surface area contributed by atoms with Crippen molar-refractivity contribution < 1.29 is 53.8 Å². The van der Waals surface area contributed by atoms with Gasteiger partial charge in [-0.25, -0.2) is 4.79 Å². The van der Waals surface area contributed by atoms with Crippen LogP contribution >= 0.6 is 11.9 Å². The Labute approximate surface area is 241 Å². The second-order valence-corrected chi connectivity index (χ2v) is 9.96. The lowest BCUT2D eigenvalue weighted by atomic mass is 9.99.